The summed E-state index contributed by atoms with van der Waals surface area (Å²) < 4.78 is 18.3. The second kappa shape index (κ2) is 16.6. The molecule has 0 aromatic heterocycles. The van der Waals surface area contributed by atoms with Gasteiger partial charge in [0.1, 0.15) is 30.5 Å². The average Bonchev–Trinajstić information content (AvgIpc) is 3.08. The molecule has 4 aromatic rings. The third-order valence-corrected chi connectivity index (χ3v) is 8.86. The van der Waals surface area contributed by atoms with Gasteiger partial charge in [-0.1, -0.05) is 85.6 Å². The fourth-order valence-corrected chi connectivity index (χ4v) is 6.31. The van der Waals surface area contributed by atoms with Crippen molar-refractivity contribution in [2.45, 2.75) is 77.4 Å². The van der Waals surface area contributed by atoms with Crippen LogP contribution in [-0.4, -0.2) is 23.5 Å². The molecule has 5 rings (SSSR count). The molecule has 0 saturated carbocycles. The highest BCUT2D eigenvalue weighted by molar-refractivity contribution is 5.94. The van der Waals surface area contributed by atoms with E-state index in [2.05, 4.69) is 30.3 Å². The molecule has 0 radical (unpaired) electrons. The Labute approximate surface area is 272 Å². The molecule has 1 heterocycles. The van der Waals surface area contributed by atoms with Gasteiger partial charge in [-0.3, -0.25) is 9.59 Å². The number of hydrogen-bond donors (Lipinski definition) is 1. The van der Waals surface area contributed by atoms with Crippen LogP contribution in [0, 0.1) is 5.92 Å². The first-order valence-corrected chi connectivity index (χ1v) is 16.4. The molecule has 0 bridgehead atoms. The van der Waals surface area contributed by atoms with Crippen LogP contribution < -0.4 is 14.2 Å². The maximum atomic E-state index is 12.0. The number of rotatable bonds is 17. The minimum absolute atomic E-state index is 0.0347. The standard InChI is InChI=1S/C40H44O6/c1-29(41)34-20-23-37-36(24-25-44-39(37)26-34)32(12-6-3-7-15-40(42)43)18-19-33-13-8-9-14-38(33)46-28-31-16-21-35(22-17-31)45-27-30-10-4-2-5-11-30/h2,4-5,8-11,13-14,16-17,20-23,26,32,36H,3,6-7,12,15,18-19,24-25,27-28H2,1H3,(H,42,43). The van der Waals surface area contributed by atoms with Crippen LogP contribution in [0.1, 0.15) is 90.4 Å². The Hall–Kier alpha value is -4.58. The highest BCUT2D eigenvalue weighted by atomic mass is 16.5. The van der Waals surface area contributed by atoms with Gasteiger partial charge in [-0.25, -0.2) is 0 Å². The predicted molar refractivity (Wildman–Crippen MR) is 180 cm³/mol. The van der Waals surface area contributed by atoms with E-state index in [4.69, 9.17) is 19.3 Å². The maximum Gasteiger partial charge on any atom is 0.303 e. The maximum absolute atomic E-state index is 12.0. The quantitative estimate of drug-likeness (QED) is 0.0936. The summed E-state index contributed by atoms with van der Waals surface area (Å²) >= 11 is 0. The lowest BCUT2D eigenvalue weighted by Gasteiger charge is -2.33. The Morgan fingerprint density at radius 1 is 0.826 bits per heavy atom. The Morgan fingerprint density at radius 3 is 2.35 bits per heavy atom. The summed E-state index contributed by atoms with van der Waals surface area (Å²) in [6, 6.07) is 32.3. The first-order chi connectivity index (χ1) is 22.5. The average molecular weight is 621 g/mol. The number of aryl methyl sites for hydroxylation is 1. The number of ether oxygens (including phenoxy) is 3. The molecule has 4 aromatic carbocycles. The van der Waals surface area contributed by atoms with Crippen molar-refractivity contribution in [3.05, 3.63) is 125 Å². The molecule has 0 saturated heterocycles. The van der Waals surface area contributed by atoms with Gasteiger partial charge in [-0.2, -0.15) is 0 Å². The molecule has 0 spiro atoms. The zero-order chi connectivity index (χ0) is 32.1. The fraction of sp³-hybridized carbons (Fsp3) is 0.350. The van der Waals surface area contributed by atoms with Crippen molar-refractivity contribution < 1.29 is 28.9 Å². The zero-order valence-electron chi connectivity index (χ0n) is 26.7. The molecule has 6 nitrogen and oxygen atoms in total. The van der Waals surface area contributed by atoms with E-state index in [-0.39, 0.29) is 12.2 Å². The molecule has 2 unspecified atom stereocenters. The summed E-state index contributed by atoms with van der Waals surface area (Å²) in [6.45, 7) is 3.21. The molecule has 1 aliphatic rings. The molecule has 1 aliphatic heterocycles. The Morgan fingerprint density at radius 2 is 1.57 bits per heavy atom. The number of carboxylic acid groups (broad SMARTS) is 1. The van der Waals surface area contributed by atoms with Gasteiger partial charge >= 0.3 is 5.97 Å². The number of hydrogen-bond acceptors (Lipinski definition) is 5. The van der Waals surface area contributed by atoms with Crippen molar-refractivity contribution in [1.82, 2.24) is 0 Å². The van der Waals surface area contributed by atoms with Gasteiger partial charge < -0.3 is 19.3 Å². The van der Waals surface area contributed by atoms with E-state index in [1.165, 1.54) is 11.1 Å². The largest absolute Gasteiger partial charge is 0.493 e. The van der Waals surface area contributed by atoms with Crippen LogP contribution in [0.25, 0.3) is 0 Å². The van der Waals surface area contributed by atoms with E-state index in [1.54, 1.807) is 6.92 Å². The smallest absolute Gasteiger partial charge is 0.303 e. The number of carboxylic acids is 1. The first-order valence-electron chi connectivity index (χ1n) is 16.4. The molecule has 2 atom stereocenters. The summed E-state index contributed by atoms with van der Waals surface area (Å²) in [7, 11) is 0. The zero-order valence-corrected chi connectivity index (χ0v) is 26.7. The molecule has 0 fully saturated rings. The highest BCUT2D eigenvalue weighted by Crippen LogP contribution is 2.43. The SMILES string of the molecule is CC(=O)c1ccc2c(c1)OCCC2C(CCCCCC(=O)O)CCc1ccccc1OCc1ccc(OCc2ccccc2)cc1. The Bertz CT molecular complexity index is 1560. The lowest BCUT2D eigenvalue weighted by molar-refractivity contribution is -0.137. The number of Topliss-reactive ketones (excluding diaryl/α,β-unsaturated/α-hetero) is 1. The van der Waals surface area contributed by atoms with Crippen molar-refractivity contribution in [3.63, 3.8) is 0 Å². The van der Waals surface area contributed by atoms with Gasteiger partial charge in [0, 0.05) is 12.0 Å². The Kier molecular flexibility index (Phi) is 11.9. The molecular weight excluding hydrogens is 576 g/mol. The van der Waals surface area contributed by atoms with E-state index < -0.39 is 5.97 Å². The summed E-state index contributed by atoms with van der Waals surface area (Å²) in [5, 5.41) is 9.07. The lowest BCUT2D eigenvalue weighted by atomic mass is 9.76. The van der Waals surface area contributed by atoms with Crippen molar-refractivity contribution in [3.8, 4) is 17.2 Å². The van der Waals surface area contributed by atoms with Gasteiger partial charge in [0.2, 0.25) is 0 Å². The van der Waals surface area contributed by atoms with Gasteiger partial charge in [0.15, 0.2) is 5.78 Å². The number of fused-ring (bicyclic) bond motifs is 1. The molecule has 46 heavy (non-hydrogen) atoms. The van der Waals surface area contributed by atoms with Crippen LogP contribution in [0.5, 0.6) is 17.2 Å². The van der Waals surface area contributed by atoms with Gasteiger partial charge in [-0.15, -0.1) is 0 Å². The van der Waals surface area contributed by atoms with Crippen LogP contribution in [0.2, 0.25) is 0 Å². The topological polar surface area (TPSA) is 82.1 Å². The molecule has 0 amide bonds. The number of carbonyl (C=O) groups excluding carboxylic acids is 1. The lowest BCUT2D eigenvalue weighted by Crippen LogP contribution is -2.22. The summed E-state index contributed by atoms with van der Waals surface area (Å²) in [4.78, 5) is 23.0. The number of aliphatic carboxylic acids is 1. The second-order valence-corrected chi connectivity index (χ2v) is 12.2. The third kappa shape index (κ3) is 9.46. The normalized spacial score (nSPS) is 14.5. The van der Waals surface area contributed by atoms with Crippen molar-refractivity contribution in [2.24, 2.45) is 5.92 Å². The number of unbranched alkanes of at least 4 members (excludes halogenated alkanes) is 2. The van der Waals surface area contributed by atoms with Gasteiger partial charge in [0.25, 0.3) is 0 Å². The summed E-state index contributed by atoms with van der Waals surface area (Å²) in [5.74, 6) is 2.56. The molecule has 6 heteroatoms. The monoisotopic (exact) mass is 620 g/mol. The predicted octanol–water partition coefficient (Wildman–Crippen LogP) is 9.20. The Balaban J connectivity index is 1.22. The molecular formula is C40H44O6. The fourth-order valence-electron chi connectivity index (χ4n) is 6.31. The van der Waals surface area contributed by atoms with E-state index in [1.807, 2.05) is 66.7 Å². The van der Waals surface area contributed by atoms with E-state index in [9.17, 15) is 9.59 Å². The number of para-hydroxylation sites is 1. The second-order valence-electron chi connectivity index (χ2n) is 12.2. The van der Waals surface area contributed by atoms with Crippen LogP contribution in [-0.2, 0) is 24.4 Å². The minimum Gasteiger partial charge on any atom is -0.493 e. The third-order valence-electron chi connectivity index (χ3n) is 8.86. The number of carbonyl (C=O) groups is 2. The molecule has 0 aliphatic carbocycles. The number of ketones is 1. The van der Waals surface area contributed by atoms with Crippen LogP contribution in [0.15, 0.2) is 97.1 Å². The first kappa shape index (κ1) is 32.8. The summed E-state index contributed by atoms with van der Waals surface area (Å²) in [5.41, 5.74) is 5.23. The van der Waals surface area contributed by atoms with Crippen molar-refractivity contribution in [2.75, 3.05) is 6.61 Å². The summed E-state index contributed by atoms with van der Waals surface area (Å²) in [6.07, 6.45) is 6.59. The molecule has 240 valence electrons. The van der Waals surface area contributed by atoms with Gasteiger partial charge in [-0.05, 0) is 97.4 Å². The highest BCUT2D eigenvalue weighted by Gasteiger charge is 2.29. The van der Waals surface area contributed by atoms with E-state index in [0.717, 1.165) is 66.9 Å². The van der Waals surface area contributed by atoms with Crippen LogP contribution in [0.4, 0.5) is 0 Å². The van der Waals surface area contributed by atoms with Crippen molar-refractivity contribution >= 4 is 11.8 Å². The van der Waals surface area contributed by atoms with Gasteiger partial charge in [0.05, 0.1) is 6.61 Å². The van der Waals surface area contributed by atoms with Crippen LogP contribution in [0.3, 0.4) is 0 Å². The number of benzene rings is 4. The van der Waals surface area contributed by atoms with Crippen LogP contribution >= 0.6 is 0 Å². The van der Waals surface area contributed by atoms with Crippen molar-refractivity contribution in [1.29, 1.82) is 0 Å². The van der Waals surface area contributed by atoms with E-state index in [0.29, 0.717) is 43.6 Å². The minimum atomic E-state index is -0.736. The van der Waals surface area contributed by atoms with E-state index >= 15 is 0 Å². The molecule has 1 N–H and O–H groups in total.